The van der Waals surface area contributed by atoms with Gasteiger partial charge in [0.25, 0.3) is 5.91 Å². The summed E-state index contributed by atoms with van der Waals surface area (Å²) < 4.78 is 30.1. The molecule has 1 aliphatic rings. The van der Waals surface area contributed by atoms with E-state index >= 15 is 0 Å². The van der Waals surface area contributed by atoms with E-state index in [1.54, 1.807) is 6.92 Å². The number of hydrogen-bond donors (Lipinski definition) is 1. The third-order valence-electron chi connectivity index (χ3n) is 4.20. The average molecular weight is 366 g/mol. The van der Waals surface area contributed by atoms with E-state index in [1.807, 2.05) is 0 Å². The van der Waals surface area contributed by atoms with Gasteiger partial charge in [0.2, 0.25) is 0 Å². The number of ether oxygens (including phenoxy) is 1. The van der Waals surface area contributed by atoms with E-state index in [9.17, 15) is 23.5 Å². The van der Waals surface area contributed by atoms with Crippen LogP contribution >= 0.6 is 0 Å². The predicted octanol–water partition coefficient (Wildman–Crippen LogP) is 1.87. The van der Waals surface area contributed by atoms with Crippen molar-refractivity contribution in [2.24, 2.45) is 0 Å². The third kappa shape index (κ3) is 3.35. The molecule has 1 aromatic carbocycles. The molecule has 2 heterocycles. The zero-order valence-corrected chi connectivity index (χ0v) is 13.8. The Kier molecular flexibility index (Phi) is 4.83. The molecule has 0 unspecified atom stereocenters. The molecular formula is C16H16F2N4O4. The minimum absolute atomic E-state index is 0.000755. The molecule has 138 valence electrons. The average Bonchev–Trinajstić information content (AvgIpc) is 3.21. The second kappa shape index (κ2) is 7.06. The first-order chi connectivity index (χ1) is 12.4. The third-order valence-corrected chi connectivity index (χ3v) is 4.20. The molecule has 26 heavy (non-hydrogen) atoms. The number of nitrogens with zero attached hydrogens (tertiary/aromatic N) is 4. The molecule has 1 aliphatic heterocycles. The van der Waals surface area contributed by atoms with Crippen molar-refractivity contribution < 1.29 is 28.2 Å². The SMILES string of the molecule is Cc1c(C(=O)N2CCC[C@@H]2C(=O)O)nnn1-c1ccc(OC(F)F)cc1. The number of amides is 1. The van der Waals surface area contributed by atoms with Crippen molar-refractivity contribution in [2.75, 3.05) is 6.54 Å². The van der Waals surface area contributed by atoms with Gasteiger partial charge in [0.05, 0.1) is 11.4 Å². The molecule has 10 heteroatoms. The molecule has 0 bridgehead atoms. The van der Waals surface area contributed by atoms with Crippen LogP contribution in [0.5, 0.6) is 5.75 Å². The molecule has 3 rings (SSSR count). The van der Waals surface area contributed by atoms with E-state index in [4.69, 9.17) is 0 Å². The molecule has 1 saturated heterocycles. The first-order valence-corrected chi connectivity index (χ1v) is 7.90. The highest BCUT2D eigenvalue weighted by molar-refractivity contribution is 5.96. The van der Waals surface area contributed by atoms with Crippen molar-refractivity contribution >= 4 is 11.9 Å². The second-order valence-corrected chi connectivity index (χ2v) is 5.80. The Labute approximate surface area is 147 Å². The van der Waals surface area contributed by atoms with Gasteiger partial charge in [-0.15, -0.1) is 5.10 Å². The number of halogens is 2. The van der Waals surface area contributed by atoms with Crippen LogP contribution in [-0.2, 0) is 4.79 Å². The lowest BCUT2D eigenvalue weighted by molar-refractivity contribution is -0.141. The van der Waals surface area contributed by atoms with Crippen molar-refractivity contribution in [3.05, 3.63) is 35.7 Å². The fourth-order valence-corrected chi connectivity index (χ4v) is 2.94. The lowest BCUT2D eigenvalue weighted by atomic mass is 10.2. The minimum atomic E-state index is -2.92. The first kappa shape index (κ1) is 17.8. The van der Waals surface area contributed by atoms with Gasteiger partial charge in [-0.2, -0.15) is 8.78 Å². The maximum Gasteiger partial charge on any atom is 0.387 e. The smallest absolute Gasteiger partial charge is 0.387 e. The summed E-state index contributed by atoms with van der Waals surface area (Å²) in [5, 5.41) is 17.0. The van der Waals surface area contributed by atoms with Gasteiger partial charge < -0.3 is 14.7 Å². The van der Waals surface area contributed by atoms with Crippen molar-refractivity contribution in [3.63, 3.8) is 0 Å². The second-order valence-electron chi connectivity index (χ2n) is 5.80. The molecule has 1 fully saturated rings. The molecule has 2 aromatic rings. The van der Waals surface area contributed by atoms with E-state index in [0.29, 0.717) is 30.8 Å². The number of aliphatic carboxylic acids is 1. The van der Waals surface area contributed by atoms with Gasteiger partial charge in [-0.1, -0.05) is 5.21 Å². The summed E-state index contributed by atoms with van der Waals surface area (Å²) in [6.45, 7) is -0.939. The van der Waals surface area contributed by atoms with E-state index in [0.717, 1.165) is 0 Å². The van der Waals surface area contributed by atoms with Crippen LogP contribution in [0.25, 0.3) is 5.69 Å². The Morgan fingerprint density at radius 1 is 1.31 bits per heavy atom. The summed E-state index contributed by atoms with van der Waals surface area (Å²) in [5.74, 6) is -1.54. The minimum Gasteiger partial charge on any atom is -0.480 e. The van der Waals surface area contributed by atoms with Crippen LogP contribution in [0.1, 0.15) is 29.0 Å². The normalized spacial score (nSPS) is 16.9. The van der Waals surface area contributed by atoms with E-state index in [2.05, 4.69) is 15.0 Å². The van der Waals surface area contributed by atoms with Gasteiger partial charge in [0.15, 0.2) is 5.69 Å². The maximum atomic E-state index is 12.6. The molecule has 0 spiro atoms. The Hall–Kier alpha value is -3.04. The van der Waals surface area contributed by atoms with Crippen LogP contribution in [0, 0.1) is 6.92 Å². The highest BCUT2D eigenvalue weighted by Gasteiger charge is 2.36. The van der Waals surface area contributed by atoms with Crippen molar-refractivity contribution in [1.29, 1.82) is 0 Å². The van der Waals surface area contributed by atoms with E-state index in [1.165, 1.54) is 33.8 Å². The number of carbonyl (C=O) groups is 2. The molecule has 1 atom stereocenters. The Bertz CT molecular complexity index is 822. The topological polar surface area (TPSA) is 97.5 Å². The fourth-order valence-electron chi connectivity index (χ4n) is 2.94. The maximum absolute atomic E-state index is 12.6. The van der Waals surface area contributed by atoms with Gasteiger partial charge in [-0.25, -0.2) is 9.48 Å². The van der Waals surface area contributed by atoms with Gasteiger partial charge in [0.1, 0.15) is 11.8 Å². The number of carboxylic acids is 1. The highest BCUT2D eigenvalue weighted by Crippen LogP contribution is 2.23. The highest BCUT2D eigenvalue weighted by atomic mass is 19.3. The summed E-state index contributed by atoms with van der Waals surface area (Å²) in [6, 6.07) is 4.85. The van der Waals surface area contributed by atoms with Crippen LogP contribution in [-0.4, -0.2) is 56.1 Å². The predicted molar refractivity (Wildman–Crippen MR) is 84.4 cm³/mol. The monoisotopic (exact) mass is 366 g/mol. The summed E-state index contributed by atoms with van der Waals surface area (Å²) >= 11 is 0. The molecule has 1 N–H and O–H groups in total. The summed E-state index contributed by atoms with van der Waals surface area (Å²) in [7, 11) is 0. The van der Waals surface area contributed by atoms with Crippen molar-refractivity contribution in [3.8, 4) is 11.4 Å². The first-order valence-electron chi connectivity index (χ1n) is 7.90. The van der Waals surface area contributed by atoms with Crippen molar-refractivity contribution in [1.82, 2.24) is 19.9 Å². The number of rotatable bonds is 5. The zero-order chi connectivity index (χ0) is 18.8. The molecule has 0 radical (unpaired) electrons. The standard InChI is InChI=1S/C16H16F2N4O4/c1-9-13(14(23)21-8-2-3-12(21)15(24)25)19-20-22(9)10-4-6-11(7-5-10)26-16(17)18/h4-7,12,16H,2-3,8H2,1H3,(H,24,25)/t12-/m1/s1. The fraction of sp³-hybridized carbons (Fsp3) is 0.375. The molecule has 1 amide bonds. The quantitative estimate of drug-likeness (QED) is 0.868. The van der Waals surface area contributed by atoms with Crippen LogP contribution in [0.3, 0.4) is 0 Å². The van der Waals surface area contributed by atoms with Gasteiger partial charge in [0, 0.05) is 6.54 Å². The largest absolute Gasteiger partial charge is 0.480 e. The lowest BCUT2D eigenvalue weighted by Gasteiger charge is -2.20. The molecule has 8 nitrogen and oxygen atoms in total. The van der Waals surface area contributed by atoms with Crippen molar-refractivity contribution in [2.45, 2.75) is 32.4 Å². The number of likely N-dealkylation sites (tertiary alicyclic amines) is 1. The van der Waals surface area contributed by atoms with Crippen LogP contribution < -0.4 is 4.74 Å². The summed E-state index contributed by atoms with van der Waals surface area (Å²) in [4.78, 5) is 25.2. The summed E-state index contributed by atoms with van der Waals surface area (Å²) in [5.41, 5.74) is 0.992. The Morgan fingerprint density at radius 2 is 2.00 bits per heavy atom. The van der Waals surface area contributed by atoms with Gasteiger partial charge in [-0.3, -0.25) is 4.79 Å². The van der Waals surface area contributed by atoms with E-state index in [-0.39, 0.29) is 11.4 Å². The number of aromatic nitrogens is 3. The molecule has 0 aliphatic carbocycles. The number of carboxylic acid groups (broad SMARTS) is 1. The molecule has 1 aromatic heterocycles. The number of benzene rings is 1. The summed E-state index contributed by atoms with van der Waals surface area (Å²) in [6.07, 6.45) is 1.02. The number of carbonyl (C=O) groups excluding carboxylic acids is 1. The Morgan fingerprint density at radius 3 is 2.62 bits per heavy atom. The zero-order valence-electron chi connectivity index (χ0n) is 13.8. The Balaban J connectivity index is 1.83. The van der Waals surface area contributed by atoms with Gasteiger partial charge in [-0.05, 0) is 44.0 Å². The van der Waals surface area contributed by atoms with Gasteiger partial charge >= 0.3 is 12.6 Å². The van der Waals surface area contributed by atoms with E-state index < -0.39 is 24.5 Å². The number of alkyl halides is 2. The van der Waals surface area contributed by atoms with Crippen LogP contribution in [0.4, 0.5) is 8.78 Å². The lowest BCUT2D eigenvalue weighted by Crippen LogP contribution is -2.40. The molecule has 0 saturated carbocycles. The van der Waals surface area contributed by atoms with Crippen LogP contribution in [0.15, 0.2) is 24.3 Å². The molecular weight excluding hydrogens is 350 g/mol. The van der Waals surface area contributed by atoms with Crippen LogP contribution in [0.2, 0.25) is 0 Å². The number of hydrogen-bond acceptors (Lipinski definition) is 5.